The molecular formula is C16H13FN2O2S. The molecule has 3 rings (SSSR count). The average molecular weight is 316 g/mol. The van der Waals surface area contributed by atoms with Gasteiger partial charge in [-0.1, -0.05) is 12.1 Å². The van der Waals surface area contributed by atoms with Crippen LogP contribution in [-0.2, 0) is 9.53 Å². The molecule has 4 nitrogen and oxygen atoms in total. The van der Waals surface area contributed by atoms with Crippen molar-refractivity contribution in [3.63, 3.8) is 0 Å². The van der Waals surface area contributed by atoms with Crippen LogP contribution in [0.3, 0.4) is 0 Å². The zero-order valence-electron chi connectivity index (χ0n) is 11.8. The Balaban J connectivity index is 2.04. The molecule has 0 saturated carbocycles. The van der Waals surface area contributed by atoms with Crippen LogP contribution in [0.15, 0.2) is 42.5 Å². The molecule has 6 heteroatoms. The number of para-hydroxylation sites is 1. The van der Waals surface area contributed by atoms with Crippen molar-refractivity contribution >= 4 is 33.1 Å². The normalized spacial score (nSPS) is 10.8. The number of thiazole rings is 1. The fraction of sp³-hybridized carbons (Fsp3) is 0.125. The van der Waals surface area contributed by atoms with Gasteiger partial charge in [-0.15, -0.1) is 11.3 Å². The Morgan fingerprint density at radius 1 is 1.32 bits per heavy atom. The van der Waals surface area contributed by atoms with E-state index in [-0.39, 0.29) is 18.3 Å². The lowest BCUT2D eigenvalue weighted by Crippen LogP contribution is -2.17. The van der Waals surface area contributed by atoms with Gasteiger partial charge in [-0.2, -0.15) is 0 Å². The number of hydrogen-bond acceptors (Lipinski definition) is 4. The van der Waals surface area contributed by atoms with Gasteiger partial charge in [-0.3, -0.25) is 4.79 Å². The number of methoxy groups -OCH3 is 1. The van der Waals surface area contributed by atoms with Gasteiger partial charge in [0.25, 0.3) is 0 Å². The van der Waals surface area contributed by atoms with Crippen LogP contribution in [0.2, 0.25) is 0 Å². The highest BCUT2D eigenvalue weighted by Gasteiger charge is 2.13. The highest BCUT2D eigenvalue weighted by Crippen LogP contribution is 2.34. The maximum absolute atomic E-state index is 13.6. The average Bonchev–Trinajstić information content (AvgIpc) is 2.93. The molecule has 1 amide bonds. The van der Waals surface area contributed by atoms with E-state index in [1.54, 1.807) is 0 Å². The van der Waals surface area contributed by atoms with E-state index in [9.17, 15) is 9.18 Å². The number of anilines is 1. The minimum absolute atomic E-state index is 0.0589. The summed E-state index contributed by atoms with van der Waals surface area (Å²) in [5, 5.41) is 3.38. The van der Waals surface area contributed by atoms with Gasteiger partial charge in [0.2, 0.25) is 5.91 Å². The Kier molecular flexibility index (Phi) is 4.13. The first kappa shape index (κ1) is 14.6. The first-order valence-electron chi connectivity index (χ1n) is 6.61. The van der Waals surface area contributed by atoms with Crippen LogP contribution in [0, 0.1) is 5.82 Å². The number of fused-ring (bicyclic) bond motifs is 1. The molecule has 1 heterocycles. The third-order valence-corrected chi connectivity index (χ3v) is 4.13. The van der Waals surface area contributed by atoms with E-state index < -0.39 is 0 Å². The number of benzene rings is 2. The molecule has 112 valence electrons. The van der Waals surface area contributed by atoms with E-state index in [1.807, 2.05) is 24.3 Å². The highest BCUT2D eigenvalue weighted by molar-refractivity contribution is 7.21. The third-order valence-electron chi connectivity index (χ3n) is 3.06. The third kappa shape index (κ3) is 2.98. The summed E-state index contributed by atoms with van der Waals surface area (Å²) in [4.78, 5) is 16.2. The molecule has 0 radical (unpaired) electrons. The number of amides is 1. The quantitative estimate of drug-likeness (QED) is 0.798. The molecule has 0 spiro atoms. The van der Waals surface area contributed by atoms with Gasteiger partial charge in [-0.05, 0) is 30.3 Å². The Hall–Kier alpha value is -2.31. The van der Waals surface area contributed by atoms with Crippen molar-refractivity contribution in [3.8, 4) is 10.6 Å². The molecular weight excluding hydrogens is 303 g/mol. The molecule has 1 aromatic heterocycles. The molecule has 0 fully saturated rings. The molecule has 0 atom stereocenters. The Labute approximate surface area is 130 Å². The fourth-order valence-corrected chi connectivity index (χ4v) is 3.10. The number of ether oxygens (including phenoxy) is 1. The van der Waals surface area contributed by atoms with Gasteiger partial charge >= 0.3 is 0 Å². The summed E-state index contributed by atoms with van der Waals surface area (Å²) in [6.07, 6.45) is 0. The minimum Gasteiger partial charge on any atom is -0.375 e. The number of carbonyl (C=O) groups excluding carboxylic acids is 1. The molecule has 0 bridgehead atoms. The van der Waals surface area contributed by atoms with Crippen LogP contribution >= 0.6 is 11.3 Å². The van der Waals surface area contributed by atoms with Gasteiger partial charge < -0.3 is 10.1 Å². The molecule has 22 heavy (non-hydrogen) atoms. The van der Waals surface area contributed by atoms with Crippen LogP contribution < -0.4 is 5.32 Å². The standard InChI is InChI=1S/C16H13FN2O2S/c1-21-9-15(20)18-12-7-6-10(17)8-11(12)16-19-13-4-2-3-5-14(13)22-16/h2-8H,9H2,1H3,(H,18,20). The fourth-order valence-electron chi connectivity index (χ4n) is 2.11. The van der Waals surface area contributed by atoms with Crippen molar-refractivity contribution in [3.05, 3.63) is 48.3 Å². The molecule has 0 aliphatic rings. The number of nitrogens with zero attached hydrogens (tertiary/aromatic N) is 1. The van der Waals surface area contributed by atoms with Crippen molar-refractivity contribution in [1.29, 1.82) is 0 Å². The lowest BCUT2D eigenvalue weighted by Gasteiger charge is -2.09. The van der Waals surface area contributed by atoms with Crippen LogP contribution in [0.1, 0.15) is 0 Å². The highest BCUT2D eigenvalue weighted by atomic mass is 32.1. The Morgan fingerprint density at radius 2 is 2.14 bits per heavy atom. The topological polar surface area (TPSA) is 51.2 Å². The van der Waals surface area contributed by atoms with E-state index in [4.69, 9.17) is 4.74 Å². The Morgan fingerprint density at radius 3 is 2.91 bits per heavy atom. The maximum atomic E-state index is 13.6. The van der Waals surface area contributed by atoms with Crippen molar-refractivity contribution in [2.75, 3.05) is 19.0 Å². The zero-order valence-corrected chi connectivity index (χ0v) is 12.6. The second-order valence-electron chi connectivity index (χ2n) is 4.66. The molecule has 0 aliphatic carbocycles. The van der Waals surface area contributed by atoms with Gasteiger partial charge in [0, 0.05) is 12.7 Å². The summed E-state index contributed by atoms with van der Waals surface area (Å²) >= 11 is 1.45. The molecule has 3 aromatic rings. The SMILES string of the molecule is COCC(=O)Nc1ccc(F)cc1-c1nc2ccccc2s1. The summed E-state index contributed by atoms with van der Waals surface area (Å²) in [6, 6.07) is 11.9. The summed E-state index contributed by atoms with van der Waals surface area (Å²) in [7, 11) is 1.44. The number of aromatic nitrogens is 1. The van der Waals surface area contributed by atoms with Gasteiger partial charge in [0.15, 0.2) is 0 Å². The predicted molar refractivity (Wildman–Crippen MR) is 85.5 cm³/mol. The molecule has 0 unspecified atom stereocenters. The van der Waals surface area contributed by atoms with E-state index >= 15 is 0 Å². The number of carbonyl (C=O) groups is 1. The summed E-state index contributed by atoms with van der Waals surface area (Å²) in [6.45, 7) is -0.0589. The first-order chi connectivity index (χ1) is 10.7. The molecule has 2 aromatic carbocycles. The lowest BCUT2D eigenvalue weighted by molar-refractivity contribution is -0.119. The van der Waals surface area contributed by atoms with Crippen LogP contribution in [0.4, 0.5) is 10.1 Å². The van der Waals surface area contributed by atoms with Crippen LogP contribution in [0.5, 0.6) is 0 Å². The predicted octanol–water partition coefficient (Wildman–Crippen LogP) is 3.69. The van der Waals surface area contributed by atoms with E-state index in [1.165, 1.54) is 36.6 Å². The second kappa shape index (κ2) is 6.21. The maximum Gasteiger partial charge on any atom is 0.250 e. The monoisotopic (exact) mass is 316 g/mol. The molecule has 0 saturated heterocycles. The number of hydrogen-bond donors (Lipinski definition) is 1. The summed E-state index contributed by atoms with van der Waals surface area (Å²) in [5.74, 6) is -0.671. The van der Waals surface area contributed by atoms with Gasteiger partial charge in [0.05, 0.1) is 15.9 Å². The first-order valence-corrected chi connectivity index (χ1v) is 7.43. The molecule has 1 N–H and O–H groups in total. The second-order valence-corrected chi connectivity index (χ2v) is 5.69. The van der Waals surface area contributed by atoms with Crippen molar-refractivity contribution in [2.24, 2.45) is 0 Å². The number of halogens is 1. The molecule has 0 aliphatic heterocycles. The van der Waals surface area contributed by atoms with E-state index in [2.05, 4.69) is 10.3 Å². The van der Waals surface area contributed by atoms with Gasteiger partial charge in [-0.25, -0.2) is 9.37 Å². The van der Waals surface area contributed by atoms with Crippen molar-refractivity contribution < 1.29 is 13.9 Å². The zero-order chi connectivity index (χ0) is 15.5. The number of nitrogens with one attached hydrogen (secondary N) is 1. The number of rotatable bonds is 4. The Bertz CT molecular complexity index is 799. The van der Waals surface area contributed by atoms with E-state index in [0.29, 0.717) is 16.3 Å². The lowest BCUT2D eigenvalue weighted by atomic mass is 10.1. The van der Waals surface area contributed by atoms with Crippen LogP contribution in [-0.4, -0.2) is 24.6 Å². The van der Waals surface area contributed by atoms with Crippen LogP contribution in [0.25, 0.3) is 20.8 Å². The summed E-state index contributed by atoms with van der Waals surface area (Å²) < 4.78 is 19.4. The van der Waals surface area contributed by atoms with E-state index in [0.717, 1.165) is 10.2 Å². The minimum atomic E-state index is -0.376. The van der Waals surface area contributed by atoms with Gasteiger partial charge in [0.1, 0.15) is 17.4 Å². The van der Waals surface area contributed by atoms with Crippen molar-refractivity contribution in [1.82, 2.24) is 4.98 Å². The smallest absolute Gasteiger partial charge is 0.250 e. The van der Waals surface area contributed by atoms with Crippen molar-refractivity contribution in [2.45, 2.75) is 0 Å². The largest absolute Gasteiger partial charge is 0.375 e. The summed E-state index contributed by atoms with van der Waals surface area (Å²) in [5.41, 5.74) is 1.93.